The summed E-state index contributed by atoms with van der Waals surface area (Å²) in [5, 5.41) is 5.22. The van der Waals surface area contributed by atoms with E-state index >= 15 is 0 Å². The number of aromatic nitrogens is 1. The number of hydrogen-bond acceptors (Lipinski definition) is 1. The summed E-state index contributed by atoms with van der Waals surface area (Å²) in [4.78, 5) is 0. The molecule has 1 aliphatic carbocycles. The molecule has 0 unspecified atom stereocenters. The molecule has 3 rings (SSSR count). The van der Waals surface area contributed by atoms with Crippen LogP contribution in [0.5, 0.6) is 0 Å². The number of para-hydroxylation sites is 1. The molecule has 1 heterocycles. The zero-order valence-corrected chi connectivity index (χ0v) is 12.1. The van der Waals surface area contributed by atoms with Gasteiger partial charge < -0.3 is 4.57 Å². The van der Waals surface area contributed by atoms with E-state index in [-0.39, 0.29) is 5.66 Å². The Balaban J connectivity index is 2.10. The van der Waals surface area contributed by atoms with E-state index in [0.29, 0.717) is 0 Å². The van der Waals surface area contributed by atoms with Gasteiger partial charge >= 0.3 is 0 Å². The average molecular weight is 256 g/mol. The number of hydrogen-bond donors (Lipinski definition) is 1. The van der Waals surface area contributed by atoms with Gasteiger partial charge in [-0.15, -0.1) is 0 Å². The van der Waals surface area contributed by atoms with Crippen molar-refractivity contribution in [3.8, 4) is 0 Å². The first-order valence-corrected chi connectivity index (χ1v) is 7.59. The number of benzene rings is 1. The minimum absolute atomic E-state index is 0.157. The van der Waals surface area contributed by atoms with Crippen LogP contribution in [0.3, 0.4) is 0 Å². The molecule has 0 amide bonds. The monoisotopic (exact) mass is 256 g/mol. The van der Waals surface area contributed by atoms with Crippen molar-refractivity contribution >= 4 is 10.9 Å². The van der Waals surface area contributed by atoms with E-state index in [9.17, 15) is 0 Å². The molecule has 2 heteroatoms. The fraction of sp³-hybridized carbons (Fsp3) is 0.529. The smallest absolute Gasteiger partial charge is 0.0951 e. The molecule has 0 aliphatic heterocycles. The maximum atomic E-state index is 3.83. The lowest BCUT2D eigenvalue weighted by molar-refractivity contribution is 0.230. The van der Waals surface area contributed by atoms with E-state index in [2.05, 4.69) is 54.2 Å². The summed E-state index contributed by atoms with van der Waals surface area (Å²) >= 11 is 0. The van der Waals surface area contributed by atoms with Gasteiger partial charge in [0.15, 0.2) is 0 Å². The Morgan fingerprint density at radius 3 is 2.68 bits per heavy atom. The molecular formula is C17H24N2. The lowest BCUT2D eigenvalue weighted by Gasteiger charge is -2.33. The number of fused-ring (bicyclic) bond motifs is 1. The average Bonchev–Trinajstić information content (AvgIpc) is 3.03. The molecule has 0 spiro atoms. The minimum Gasteiger partial charge on any atom is -0.328 e. The predicted octanol–water partition coefficient (Wildman–Crippen LogP) is 4.18. The number of aryl methyl sites for hydroxylation is 1. The van der Waals surface area contributed by atoms with Crippen molar-refractivity contribution in [2.75, 3.05) is 6.54 Å². The highest BCUT2D eigenvalue weighted by atomic mass is 15.2. The van der Waals surface area contributed by atoms with Crippen molar-refractivity contribution in [3.05, 3.63) is 36.0 Å². The molecule has 2 nitrogen and oxygen atoms in total. The SMILES string of the molecule is CCCNC1(n2cc(C)c3ccccc32)CCCC1. The molecule has 1 aliphatic rings. The van der Waals surface area contributed by atoms with Crippen LogP contribution in [0.15, 0.2) is 30.5 Å². The van der Waals surface area contributed by atoms with Crippen LogP contribution < -0.4 is 5.32 Å². The third-order valence-electron chi connectivity index (χ3n) is 4.51. The molecule has 1 N–H and O–H groups in total. The van der Waals surface area contributed by atoms with Crippen molar-refractivity contribution in [2.24, 2.45) is 0 Å². The van der Waals surface area contributed by atoms with Gasteiger partial charge in [-0.25, -0.2) is 0 Å². The first kappa shape index (κ1) is 12.7. The molecule has 0 radical (unpaired) electrons. The summed E-state index contributed by atoms with van der Waals surface area (Å²) in [6, 6.07) is 8.79. The summed E-state index contributed by atoms with van der Waals surface area (Å²) < 4.78 is 2.51. The molecular weight excluding hydrogens is 232 g/mol. The topological polar surface area (TPSA) is 17.0 Å². The van der Waals surface area contributed by atoms with Gasteiger partial charge in [-0.1, -0.05) is 25.1 Å². The Labute approximate surface area is 115 Å². The number of rotatable bonds is 4. The molecule has 2 aromatic rings. The largest absolute Gasteiger partial charge is 0.328 e. The Hall–Kier alpha value is -1.28. The molecule has 1 saturated carbocycles. The Morgan fingerprint density at radius 1 is 1.21 bits per heavy atom. The molecule has 19 heavy (non-hydrogen) atoms. The first-order valence-electron chi connectivity index (χ1n) is 7.59. The molecule has 102 valence electrons. The van der Waals surface area contributed by atoms with Crippen LogP contribution >= 0.6 is 0 Å². The summed E-state index contributed by atoms with van der Waals surface area (Å²) in [6.07, 6.45) is 8.72. The molecule has 1 aromatic carbocycles. The fourth-order valence-corrected chi connectivity index (χ4v) is 3.52. The quantitative estimate of drug-likeness (QED) is 0.868. The van der Waals surface area contributed by atoms with E-state index < -0.39 is 0 Å². The van der Waals surface area contributed by atoms with Crippen LogP contribution in [0.4, 0.5) is 0 Å². The normalized spacial score (nSPS) is 18.2. The predicted molar refractivity (Wildman–Crippen MR) is 81.4 cm³/mol. The van der Waals surface area contributed by atoms with Crippen molar-refractivity contribution in [3.63, 3.8) is 0 Å². The molecule has 0 atom stereocenters. The fourth-order valence-electron chi connectivity index (χ4n) is 3.52. The van der Waals surface area contributed by atoms with Gasteiger partial charge in [0.2, 0.25) is 0 Å². The zero-order valence-electron chi connectivity index (χ0n) is 12.1. The van der Waals surface area contributed by atoms with Crippen molar-refractivity contribution in [1.29, 1.82) is 0 Å². The lowest BCUT2D eigenvalue weighted by Crippen LogP contribution is -2.45. The molecule has 0 bridgehead atoms. The van der Waals surface area contributed by atoms with Crippen molar-refractivity contribution < 1.29 is 0 Å². The van der Waals surface area contributed by atoms with E-state index in [1.165, 1.54) is 48.6 Å². The summed E-state index contributed by atoms with van der Waals surface area (Å²) in [5.41, 5.74) is 2.93. The Bertz CT molecular complexity index is 562. The minimum atomic E-state index is 0.157. The number of nitrogens with zero attached hydrogens (tertiary/aromatic N) is 1. The van der Waals surface area contributed by atoms with Gasteiger partial charge in [0.1, 0.15) is 0 Å². The molecule has 1 fully saturated rings. The van der Waals surface area contributed by atoms with E-state index in [1.807, 2.05) is 0 Å². The zero-order chi connectivity index (χ0) is 13.3. The van der Waals surface area contributed by atoms with Gasteiger partial charge in [-0.3, -0.25) is 5.32 Å². The van der Waals surface area contributed by atoms with Crippen LogP contribution in [-0.2, 0) is 5.66 Å². The van der Waals surface area contributed by atoms with E-state index in [0.717, 1.165) is 6.54 Å². The second kappa shape index (κ2) is 5.01. The van der Waals surface area contributed by atoms with Crippen molar-refractivity contribution in [2.45, 2.75) is 51.6 Å². The van der Waals surface area contributed by atoms with Crippen LogP contribution in [0.25, 0.3) is 10.9 Å². The van der Waals surface area contributed by atoms with Crippen LogP contribution in [0.2, 0.25) is 0 Å². The van der Waals surface area contributed by atoms with Gasteiger partial charge in [-0.2, -0.15) is 0 Å². The van der Waals surface area contributed by atoms with E-state index in [4.69, 9.17) is 0 Å². The van der Waals surface area contributed by atoms with Gasteiger partial charge in [0.05, 0.1) is 5.66 Å². The number of nitrogens with one attached hydrogen (secondary N) is 1. The van der Waals surface area contributed by atoms with E-state index in [1.54, 1.807) is 0 Å². The molecule has 0 saturated heterocycles. The second-order valence-corrected chi connectivity index (χ2v) is 5.86. The third-order valence-corrected chi connectivity index (χ3v) is 4.51. The highest BCUT2D eigenvalue weighted by molar-refractivity contribution is 5.84. The van der Waals surface area contributed by atoms with Crippen molar-refractivity contribution in [1.82, 2.24) is 9.88 Å². The summed E-state index contributed by atoms with van der Waals surface area (Å²) in [6.45, 7) is 5.57. The highest BCUT2D eigenvalue weighted by Crippen LogP contribution is 2.37. The highest BCUT2D eigenvalue weighted by Gasteiger charge is 2.35. The van der Waals surface area contributed by atoms with Crippen LogP contribution in [0, 0.1) is 6.92 Å². The maximum Gasteiger partial charge on any atom is 0.0951 e. The summed E-state index contributed by atoms with van der Waals surface area (Å²) in [7, 11) is 0. The maximum absolute atomic E-state index is 3.83. The first-order chi connectivity index (χ1) is 9.27. The van der Waals surface area contributed by atoms with Gasteiger partial charge in [0, 0.05) is 17.1 Å². The van der Waals surface area contributed by atoms with Crippen LogP contribution in [0.1, 0.15) is 44.6 Å². The van der Waals surface area contributed by atoms with Crippen LogP contribution in [-0.4, -0.2) is 11.1 Å². The Morgan fingerprint density at radius 2 is 1.95 bits per heavy atom. The Kier molecular flexibility index (Phi) is 3.36. The second-order valence-electron chi connectivity index (χ2n) is 5.86. The molecule has 1 aromatic heterocycles. The third kappa shape index (κ3) is 2.08. The standard InChI is InChI=1S/C17H24N2/c1-3-12-18-17(10-6-7-11-17)19-13-14(2)15-8-4-5-9-16(15)19/h4-5,8-9,13,18H,3,6-7,10-12H2,1-2H3. The van der Waals surface area contributed by atoms with Gasteiger partial charge in [0.25, 0.3) is 0 Å². The van der Waals surface area contributed by atoms with Gasteiger partial charge in [-0.05, 0) is 57.2 Å². The lowest BCUT2D eigenvalue weighted by atomic mass is 10.1. The summed E-state index contributed by atoms with van der Waals surface area (Å²) in [5.74, 6) is 0.